The maximum Gasteiger partial charge on any atom is 0.166 e. The highest BCUT2D eigenvalue weighted by Gasteiger charge is 2.32. The smallest absolute Gasteiger partial charge is 0.166 e. The average molecular weight is 156 g/mol. The Morgan fingerprint density at radius 1 is 1.36 bits per heavy atom. The minimum Gasteiger partial charge on any atom is -0.383 e. The third kappa shape index (κ3) is 2.03. The minimum absolute atomic E-state index is 0.0231. The van der Waals surface area contributed by atoms with Gasteiger partial charge < -0.3 is 5.11 Å². The molecular weight excluding hydrogens is 140 g/mol. The van der Waals surface area contributed by atoms with Gasteiger partial charge in [0.05, 0.1) is 0 Å². The van der Waals surface area contributed by atoms with Crippen LogP contribution in [0.1, 0.15) is 39.5 Å². The van der Waals surface area contributed by atoms with Crippen LogP contribution in [0.4, 0.5) is 0 Å². The van der Waals surface area contributed by atoms with Crippen LogP contribution < -0.4 is 0 Å². The first kappa shape index (κ1) is 8.72. The predicted molar refractivity (Wildman–Crippen MR) is 43.3 cm³/mol. The number of hydrogen-bond donors (Lipinski definition) is 1. The zero-order valence-electron chi connectivity index (χ0n) is 7.26. The van der Waals surface area contributed by atoms with Crippen LogP contribution in [0.15, 0.2) is 0 Å². The van der Waals surface area contributed by atoms with Gasteiger partial charge in [0, 0.05) is 5.92 Å². The average Bonchev–Trinajstić information content (AvgIpc) is 2.34. The van der Waals surface area contributed by atoms with Gasteiger partial charge in [0.2, 0.25) is 0 Å². The van der Waals surface area contributed by atoms with Gasteiger partial charge in [0.15, 0.2) is 5.78 Å². The first-order valence-electron chi connectivity index (χ1n) is 4.28. The van der Waals surface area contributed by atoms with E-state index in [-0.39, 0.29) is 11.7 Å². The third-order valence-electron chi connectivity index (χ3n) is 2.33. The van der Waals surface area contributed by atoms with Gasteiger partial charge in [-0.05, 0) is 26.7 Å². The van der Waals surface area contributed by atoms with Crippen molar-refractivity contribution < 1.29 is 9.90 Å². The van der Waals surface area contributed by atoms with Crippen molar-refractivity contribution in [1.82, 2.24) is 0 Å². The quantitative estimate of drug-likeness (QED) is 0.658. The van der Waals surface area contributed by atoms with Crippen LogP contribution in [0.5, 0.6) is 0 Å². The van der Waals surface area contributed by atoms with Crippen LogP contribution in [0, 0.1) is 5.92 Å². The molecular formula is C9H16O2. The van der Waals surface area contributed by atoms with Gasteiger partial charge in [-0.1, -0.05) is 12.8 Å². The number of hydrogen-bond acceptors (Lipinski definition) is 2. The van der Waals surface area contributed by atoms with E-state index in [1.807, 2.05) is 0 Å². The molecule has 2 heteroatoms. The van der Waals surface area contributed by atoms with E-state index in [1.165, 1.54) is 0 Å². The molecule has 0 bridgehead atoms. The maximum atomic E-state index is 11.4. The van der Waals surface area contributed by atoms with Gasteiger partial charge in [-0.3, -0.25) is 4.79 Å². The molecule has 1 N–H and O–H groups in total. The molecule has 0 amide bonds. The van der Waals surface area contributed by atoms with Gasteiger partial charge in [0.1, 0.15) is 5.60 Å². The van der Waals surface area contributed by atoms with E-state index in [0.29, 0.717) is 0 Å². The lowest BCUT2D eigenvalue weighted by molar-refractivity contribution is -0.138. The fraction of sp³-hybridized carbons (Fsp3) is 0.889. The Hall–Kier alpha value is -0.370. The summed E-state index contributed by atoms with van der Waals surface area (Å²) >= 11 is 0. The standard InChI is InChI=1S/C9H16O2/c1-9(2,11)8(10)7-5-3-4-6-7/h7,11H,3-6H2,1-2H3. The van der Waals surface area contributed by atoms with E-state index in [1.54, 1.807) is 13.8 Å². The highest BCUT2D eigenvalue weighted by Crippen LogP contribution is 2.28. The van der Waals surface area contributed by atoms with Gasteiger partial charge in [0.25, 0.3) is 0 Å². The lowest BCUT2D eigenvalue weighted by Crippen LogP contribution is -2.35. The molecule has 11 heavy (non-hydrogen) atoms. The molecule has 0 aromatic rings. The van der Waals surface area contributed by atoms with E-state index in [2.05, 4.69) is 0 Å². The van der Waals surface area contributed by atoms with Crippen molar-refractivity contribution in [3.8, 4) is 0 Å². The lowest BCUT2D eigenvalue weighted by atomic mass is 9.91. The number of Topliss-reactive ketones (excluding diaryl/α,β-unsaturated/α-hetero) is 1. The van der Waals surface area contributed by atoms with Gasteiger partial charge in [-0.15, -0.1) is 0 Å². The molecule has 0 radical (unpaired) electrons. The minimum atomic E-state index is -1.12. The van der Waals surface area contributed by atoms with E-state index >= 15 is 0 Å². The second-order valence-corrected chi connectivity index (χ2v) is 3.90. The second-order valence-electron chi connectivity index (χ2n) is 3.90. The molecule has 64 valence electrons. The first-order chi connectivity index (χ1) is 5.02. The molecule has 1 aliphatic rings. The van der Waals surface area contributed by atoms with Crippen LogP contribution in [0.2, 0.25) is 0 Å². The Labute approximate surface area is 67.6 Å². The van der Waals surface area contributed by atoms with E-state index < -0.39 is 5.60 Å². The van der Waals surface area contributed by atoms with Crippen molar-refractivity contribution in [1.29, 1.82) is 0 Å². The Morgan fingerprint density at radius 3 is 2.18 bits per heavy atom. The van der Waals surface area contributed by atoms with Crippen molar-refractivity contribution in [2.75, 3.05) is 0 Å². The van der Waals surface area contributed by atoms with Gasteiger partial charge in [-0.2, -0.15) is 0 Å². The topological polar surface area (TPSA) is 37.3 Å². The summed E-state index contributed by atoms with van der Waals surface area (Å²) in [6.07, 6.45) is 4.24. The van der Waals surface area contributed by atoms with Crippen molar-refractivity contribution in [3.05, 3.63) is 0 Å². The van der Waals surface area contributed by atoms with Crippen LogP contribution >= 0.6 is 0 Å². The van der Waals surface area contributed by atoms with Gasteiger partial charge >= 0.3 is 0 Å². The van der Waals surface area contributed by atoms with E-state index in [0.717, 1.165) is 25.7 Å². The predicted octanol–water partition coefficient (Wildman–Crippen LogP) is 1.52. The van der Waals surface area contributed by atoms with Crippen molar-refractivity contribution in [2.45, 2.75) is 45.1 Å². The Bertz CT molecular complexity index is 149. The van der Waals surface area contributed by atoms with Crippen LogP contribution in [0.25, 0.3) is 0 Å². The fourth-order valence-corrected chi connectivity index (χ4v) is 1.69. The molecule has 2 nitrogen and oxygen atoms in total. The first-order valence-corrected chi connectivity index (χ1v) is 4.28. The van der Waals surface area contributed by atoms with Crippen molar-refractivity contribution in [3.63, 3.8) is 0 Å². The lowest BCUT2D eigenvalue weighted by Gasteiger charge is -2.19. The third-order valence-corrected chi connectivity index (χ3v) is 2.33. The summed E-state index contributed by atoms with van der Waals surface area (Å²) in [5.74, 6) is 0.157. The second kappa shape index (κ2) is 2.94. The van der Waals surface area contributed by atoms with Crippen LogP contribution in [-0.4, -0.2) is 16.5 Å². The molecule has 1 aliphatic carbocycles. The van der Waals surface area contributed by atoms with Crippen molar-refractivity contribution in [2.24, 2.45) is 5.92 Å². The zero-order chi connectivity index (χ0) is 8.48. The molecule has 0 unspecified atom stereocenters. The van der Waals surface area contributed by atoms with Crippen LogP contribution in [-0.2, 0) is 4.79 Å². The normalized spacial score (nSPS) is 20.6. The summed E-state index contributed by atoms with van der Waals surface area (Å²) in [5, 5.41) is 9.40. The molecule has 0 atom stereocenters. The number of carbonyl (C=O) groups is 1. The van der Waals surface area contributed by atoms with Crippen LogP contribution in [0.3, 0.4) is 0 Å². The highest BCUT2D eigenvalue weighted by molar-refractivity contribution is 5.88. The molecule has 0 aliphatic heterocycles. The molecule has 0 aromatic heterocycles. The molecule has 0 heterocycles. The number of carbonyl (C=O) groups excluding carboxylic acids is 1. The molecule has 0 saturated heterocycles. The molecule has 1 rings (SSSR count). The fourth-order valence-electron chi connectivity index (χ4n) is 1.69. The SMILES string of the molecule is CC(C)(O)C(=O)C1CCCC1. The maximum absolute atomic E-state index is 11.4. The summed E-state index contributed by atoms with van der Waals surface area (Å²) < 4.78 is 0. The summed E-state index contributed by atoms with van der Waals surface area (Å²) in [5.41, 5.74) is -1.12. The number of rotatable bonds is 2. The highest BCUT2D eigenvalue weighted by atomic mass is 16.3. The molecule has 1 fully saturated rings. The molecule has 1 saturated carbocycles. The Balaban J connectivity index is 2.53. The summed E-state index contributed by atoms with van der Waals surface area (Å²) in [6.45, 7) is 3.15. The molecule has 0 spiro atoms. The summed E-state index contributed by atoms with van der Waals surface area (Å²) in [4.78, 5) is 11.4. The number of ketones is 1. The summed E-state index contributed by atoms with van der Waals surface area (Å²) in [6, 6.07) is 0. The van der Waals surface area contributed by atoms with Crippen molar-refractivity contribution >= 4 is 5.78 Å². The zero-order valence-corrected chi connectivity index (χ0v) is 7.26. The molecule has 0 aromatic carbocycles. The van der Waals surface area contributed by atoms with Gasteiger partial charge in [-0.25, -0.2) is 0 Å². The Kier molecular flexibility index (Phi) is 2.33. The summed E-state index contributed by atoms with van der Waals surface area (Å²) in [7, 11) is 0. The number of aliphatic hydroxyl groups is 1. The largest absolute Gasteiger partial charge is 0.383 e. The Morgan fingerprint density at radius 2 is 1.82 bits per heavy atom. The monoisotopic (exact) mass is 156 g/mol. The van der Waals surface area contributed by atoms with E-state index in [4.69, 9.17) is 0 Å². The van der Waals surface area contributed by atoms with E-state index in [9.17, 15) is 9.90 Å².